The van der Waals surface area contributed by atoms with E-state index in [2.05, 4.69) is 16.9 Å². The molecule has 4 aromatic rings. The number of halogens is 3. The Balaban J connectivity index is 1.44. The third-order valence-electron chi connectivity index (χ3n) is 5.72. The second-order valence-electron chi connectivity index (χ2n) is 8.17. The molecule has 1 N–H and O–H groups in total. The van der Waals surface area contributed by atoms with E-state index >= 15 is 0 Å². The van der Waals surface area contributed by atoms with Crippen molar-refractivity contribution < 1.29 is 13.2 Å². The lowest BCUT2D eigenvalue weighted by Gasteiger charge is -2.24. The second kappa shape index (κ2) is 10.5. The minimum absolute atomic E-state index is 0.0269. The second-order valence-corrected chi connectivity index (χ2v) is 8.17. The molecule has 3 aromatic carbocycles. The number of fused-ring (bicyclic) bond motifs is 1. The third kappa shape index (κ3) is 5.29. The molecular formula is C28H26F3N3. The molecule has 1 aromatic heterocycles. The lowest BCUT2D eigenvalue weighted by Crippen LogP contribution is -2.34. The zero-order chi connectivity index (χ0) is 24.1. The first kappa shape index (κ1) is 23.5. The van der Waals surface area contributed by atoms with Crippen LogP contribution in [0.2, 0.25) is 0 Å². The Morgan fingerprint density at radius 2 is 1.68 bits per heavy atom. The number of para-hydroxylation sites is 1. The van der Waals surface area contributed by atoms with Crippen LogP contribution in [-0.2, 0) is 6.54 Å². The van der Waals surface area contributed by atoms with Gasteiger partial charge in [0.25, 0.3) is 0 Å². The Morgan fingerprint density at radius 1 is 0.971 bits per heavy atom. The summed E-state index contributed by atoms with van der Waals surface area (Å²) < 4.78 is 41.4. The summed E-state index contributed by atoms with van der Waals surface area (Å²) in [7, 11) is 0. The van der Waals surface area contributed by atoms with Crippen LogP contribution in [0.4, 0.5) is 13.2 Å². The quantitative estimate of drug-likeness (QED) is 0.280. The van der Waals surface area contributed by atoms with E-state index in [1.54, 1.807) is 6.20 Å². The molecule has 0 amide bonds. The van der Waals surface area contributed by atoms with Gasteiger partial charge in [-0.05, 0) is 30.2 Å². The number of pyridine rings is 1. The van der Waals surface area contributed by atoms with Crippen molar-refractivity contribution in [3.8, 4) is 11.1 Å². The normalized spacial score (nSPS) is 11.2. The van der Waals surface area contributed by atoms with Gasteiger partial charge < -0.3 is 5.32 Å². The summed E-state index contributed by atoms with van der Waals surface area (Å²) in [6.45, 7) is 7.09. The fourth-order valence-electron chi connectivity index (χ4n) is 3.97. The van der Waals surface area contributed by atoms with E-state index in [0.717, 1.165) is 34.0 Å². The van der Waals surface area contributed by atoms with Gasteiger partial charge in [-0.1, -0.05) is 62.0 Å². The molecule has 0 aliphatic heterocycles. The van der Waals surface area contributed by atoms with E-state index in [4.69, 9.17) is 0 Å². The largest absolute Gasteiger partial charge is 0.372 e. The molecule has 0 aliphatic carbocycles. The predicted molar refractivity (Wildman–Crippen MR) is 131 cm³/mol. The van der Waals surface area contributed by atoms with Crippen LogP contribution in [0, 0.1) is 17.5 Å². The molecule has 0 fully saturated rings. The first-order valence-electron chi connectivity index (χ1n) is 11.2. The highest BCUT2D eigenvalue weighted by Gasteiger charge is 2.15. The average molecular weight is 462 g/mol. The van der Waals surface area contributed by atoms with Gasteiger partial charge in [-0.3, -0.25) is 9.88 Å². The summed E-state index contributed by atoms with van der Waals surface area (Å²) >= 11 is 0. The maximum absolute atomic E-state index is 14.1. The smallest absolute Gasteiger partial charge is 0.133 e. The minimum Gasteiger partial charge on any atom is -0.372 e. The third-order valence-corrected chi connectivity index (χ3v) is 5.72. The van der Waals surface area contributed by atoms with Crippen molar-refractivity contribution in [2.45, 2.75) is 19.9 Å². The Bertz CT molecular complexity index is 1270. The number of hydrogen-bond donors (Lipinski definition) is 1. The highest BCUT2D eigenvalue weighted by atomic mass is 19.1. The van der Waals surface area contributed by atoms with Crippen molar-refractivity contribution in [3.63, 3.8) is 0 Å². The zero-order valence-electron chi connectivity index (χ0n) is 19.0. The summed E-state index contributed by atoms with van der Waals surface area (Å²) in [5.74, 6) is -2.68. The van der Waals surface area contributed by atoms with Gasteiger partial charge in [-0.2, -0.15) is 0 Å². The summed E-state index contributed by atoms with van der Waals surface area (Å²) in [4.78, 5) is 6.39. The lowest BCUT2D eigenvalue weighted by molar-refractivity contribution is 0.251. The molecule has 1 heterocycles. The maximum Gasteiger partial charge on any atom is 0.133 e. The van der Waals surface area contributed by atoms with Crippen LogP contribution >= 0.6 is 0 Å². The Labute approximate surface area is 197 Å². The van der Waals surface area contributed by atoms with Crippen LogP contribution in [0.5, 0.6) is 0 Å². The molecule has 0 radical (unpaired) electrons. The summed E-state index contributed by atoms with van der Waals surface area (Å²) in [6, 6.07) is 19.5. The molecule has 0 unspecified atom stereocenters. The van der Waals surface area contributed by atoms with Gasteiger partial charge in [0.15, 0.2) is 0 Å². The van der Waals surface area contributed by atoms with Gasteiger partial charge in [0.05, 0.1) is 12.2 Å². The van der Waals surface area contributed by atoms with Crippen molar-refractivity contribution in [2.75, 3.05) is 13.2 Å². The van der Waals surface area contributed by atoms with E-state index in [1.165, 1.54) is 0 Å². The van der Waals surface area contributed by atoms with Gasteiger partial charge in [-0.15, -0.1) is 0 Å². The van der Waals surface area contributed by atoms with E-state index in [9.17, 15) is 13.2 Å². The lowest BCUT2D eigenvalue weighted by atomic mass is 10.0. The Kier molecular flexibility index (Phi) is 7.28. The first-order valence-corrected chi connectivity index (χ1v) is 11.2. The van der Waals surface area contributed by atoms with Crippen LogP contribution in [0.1, 0.15) is 24.5 Å². The topological polar surface area (TPSA) is 28.2 Å². The molecule has 0 saturated carbocycles. The highest BCUT2D eigenvalue weighted by molar-refractivity contribution is 5.93. The Hall–Kier alpha value is -3.64. The van der Waals surface area contributed by atoms with Crippen LogP contribution in [-0.4, -0.2) is 23.1 Å². The SMILES string of the molecule is C=C(NCN(CCC)Cc1c(F)cc(F)cc1F)c1ccc(-c2cccc3cccnc23)cc1. The summed E-state index contributed by atoms with van der Waals surface area (Å²) in [5, 5.41) is 4.33. The molecule has 4 rings (SSSR count). The number of nitrogens with one attached hydrogen (secondary N) is 1. The summed E-state index contributed by atoms with van der Waals surface area (Å²) in [5.41, 5.74) is 4.52. The zero-order valence-corrected chi connectivity index (χ0v) is 19.0. The Morgan fingerprint density at radius 3 is 2.38 bits per heavy atom. The fourth-order valence-corrected chi connectivity index (χ4v) is 3.97. The molecule has 0 aliphatic rings. The van der Waals surface area contributed by atoms with Gasteiger partial charge >= 0.3 is 0 Å². The molecule has 0 bridgehead atoms. The highest BCUT2D eigenvalue weighted by Crippen LogP contribution is 2.28. The van der Waals surface area contributed by atoms with Crippen LogP contribution in [0.3, 0.4) is 0 Å². The number of nitrogens with zero attached hydrogens (tertiary/aromatic N) is 2. The van der Waals surface area contributed by atoms with Crippen molar-refractivity contribution in [3.05, 3.63) is 108 Å². The van der Waals surface area contributed by atoms with Crippen molar-refractivity contribution >= 4 is 16.6 Å². The van der Waals surface area contributed by atoms with Gasteiger partial charge in [-0.25, -0.2) is 13.2 Å². The first-order chi connectivity index (χ1) is 16.5. The monoisotopic (exact) mass is 461 g/mol. The van der Waals surface area contributed by atoms with E-state index in [-0.39, 0.29) is 12.1 Å². The summed E-state index contributed by atoms with van der Waals surface area (Å²) in [6.07, 6.45) is 2.59. The standard InChI is InChI=1S/C28H26F3N3/c1-3-14-34(17-25-26(30)15-23(29)16-27(25)31)18-33-19(2)20-9-11-21(12-10-20)24-8-4-6-22-7-5-13-32-28(22)24/h4-13,15-16,33H,2-3,14,17-18H2,1H3. The van der Waals surface area contributed by atoms with Crippen molar-refractivity contribution in [1.29, 1.82) is 0 Å². The molecule has 0 atom stereocenters. The molecule has 34 heavy (non-hydrogen) atoms. The minimum atomic E-state index is -0.921. The van der Waals surface area contributed by atoms with Crippen LogP contribution < -0.4 is 5.32 Å². The van der Waals surface area contributed by atoms with Crippen molar-refractivity contribution in [1.82, 2.24) is 15.2 Å². The number of aromatic nitrogens is 1. The van der Waals surface area contributed by atoms with Crippen molar-refractivity contribution in [2.24, 2.45) is 0 Å². The van der Waals surface area contributed by atoms with E-state index in [0.29, 0.717) is 31.0 Å². The van der Waals surface area contributed by atoms with Gasteiger partial charge in [0.1, 0.15) is 17.5 Å². The molecular weight excluding hydrogens is 435 g/mol. The molecule has 3 nitrogen and oxygen atoms in total. The molecule has 6 heteroatoms. The van der Waals surface area contributed by atoms with Crippen LogP contribution in [0.25, 0.3) is 27.7 Å². The number of rotatable bonds is 9. The number of benzene rings is 3. The van der Waals surface area contributed by atoms with Crippen LogP contribution in [0.15, 0.2) is 79.5 Å². The maximum atomic E-state index is 14.1. The van der Waals surface area contributed by atoms with E-state index in [1.807, 2.05) is 66.4 Å². The van der Waals surface area contributed by atoms with Gasteiger partial charge in [0.2, 0.25) is 0 Å². The average Bonchev–Trinajstić information content (AvgIpc) is 2.84. The fraction of sp³-hybridized carbons (Fsp3) is 0.179. The molecule has 0 spiro atoms. The van der Waals surface area contributed by atoms with E-state index < -0.39 is 17.5 Å². The predicted octanol–water partition coefficient (Wildman–Crippen LogP) is 6.75. The van der Waals surface area contributed by atoms with Gasteiger partial charge in [0, 0.05) is 47.1 Å². The number of hydrogen-bond acceptors (Lipinski definition) is 3. The molecule has 0 saturated heterocycles. The molecule has 174 valence electrons.